The van der Waals surface area contributed by atoms with Gasteiger partial charge >= 0.3 is 5.97 Å². The summed E-state index contributed by atoms with van der Waals surface area (Å²) >= 11 is 0. The van der Waals surface area contributed by atoms with E-state index in [9.17, 15) is 9.90 Å². The Morgan fingerprint density at radius 3 is 2.57 bits per heavy atom. The highest BCUT2D eigenvalue weighted by Crippen LogP contribution is 2.51. The lowest BCUT2D eigenvalue weighted by atomic mass is 9.96. The molecule has 1 aromatic heterocycles. The number of aliphatic hydroxyl groups is 1. The van der Waals surface area contributed by atoms with E-state index in [1.165, 1.54) is 0 Å². The fourth-order valence-corrected chi connectivity index (χ4v) is 1.73. The van der Waals surface area contributed by atoms with Gasteiger partial charge in [0.1, 0.15) is 11.5 Å². The zero-order chi connectivity index (χ0) is 10.3. The van der Waals surface area contributed by atoms with Gasteiger partial charge in [-0.2, -0.15) is 0 Å². The number of aryl methyl sites for hydroxylation is 1. The third-order valence-electron chi connectivity index (χ3n) is 2.78. The number of carbonyl (C=O) groups is 1. The summed E-state index contributed by atoms with van der Waals surface area (Å²) in [5, 5.41) is 18.3. The molecule has 1 aliphatic carbocycles. The maximum Gasteiger partial charge on any atom is 0.333 e. The second-order valence-corrected chi connectivity index (χ2v) is 3.81. The number of carboxylic acids is 1. The largest absolute Gasteiger partial charge is 0.479 e. The van der Waals surface area contributed by atoms with Crippen molar-refractivity contribution in [1.29, 1.82) is 0 Å². The maximum atomic E-state index is 10.7. The monoisotopic (exact) mass is 196 g/mol. The van der Waals surface area contributed by atoms with Crippen molar-refractivity contribution in [3.05, 3.63) is 23.7 Å². The van der Waals surface area contributed by atoms with Gasteiger partial charge in [0, 0.05) is 0 Å². The van der Waals surface area contributed by atoms with Crippen molar-refractivity contribution in [2.45, 2.75) is 31.3 Å². The molecule has 0 aromatic carbocycles. The molecule has 2 N–H and O–H groups in total. The molecule has 1 atom stereocenters. The topological polar surface area (TPSA) is 70.7 Å². The van der Waals surface area contributed by atoms with Gasteiger partial charge in [0.2, 0.25) is 0 Å². The van der Waals surface area contributed by atoms with E-state index >= 15 is 0 Å². The molecule has 0 bridgehead atoms. The minimum atomic E-state index is -1.35. The number of hydrogen-bond donors (Lipinski definition) is 2. The van der Waals surface area contributed by atoms with Crippen molar-refractivity contribution < 1.29 is 19.4 Å². The molecule has 1 unspecified atom stereocenters. The van der Waals surface area contributed by atoms with E-state index in [4.69, 9.17) is 9.52 Å². The van der Waals surface area contributed by atoms with Crippen LogP contribution in [0.1, 0.15) is 24.4 Å². The first kappa shape index (κ1) is 9.27. The summed E-state index contributed by atoms with van der Waals surface area (Å²) in [4.78, 5) is 10.7. The average Bonchev–Trinajstić information content (AvgIpc) is 2.83. The van der Waals surface area contributed by atoms with E-state index in [0.29, 0.717) is 18.6 Å². The Balaban J connectivity index is 2.29. The minimum Gasteiger partial charge on any atom is -0.479 e. The van der Waals surface area contributed by atoms with Gasteiger partial charge in [-0.3, -0.25) is 0 Å². The van der Waals surface area contributed by atoms with E-state index in [1.807, 2.05) is 0 Å². The van der Waals surface area contributed by atoms with Crippen LogP contribution in [-0.2, 0) is 10.2 Å². The quantitative estimate of drug-likeness (QED) is 0.758. The van der Waals surface area contributed by atoms with Crippen molar-refractivity contribution in [3.8, 4) is 0 Å². The summed E-state index contributed by atoms with van der Waals surface area (Å²) in [6.07, 6.45) is -0.00560. The summed E-state index contributed by atoms with van der Waals surface area (Å²) in [5.41, 5.74) is -0.667. The Labute approximate surface area is 81.2 Å². The minimum absolute atomic E-state index is 0.588. The van der Waals surface area contributed by atoms with Crippen molar-refractivity contribution in [2.24, 2.45) is 0 Å². The first-order valence-corrected chi connectivity index (χ1v) is 4.54. The molecule has 1 saturated carbocycles. The number of aliphatic hydroxyl groups excluding tert-OH is 1. The molecule has 0 amide bonds. The first-order chi connectivity index (χ1) is 6.56. The predicted molar refractivity (Wildman–Crippen MR) is 48.0 cm³/mol. The molecule has 4 nitrogen and oxygen atoms in total. The van der Waals surface area contributed by atoms with Gasteiger partial charge < -0.3 is 14.6 Å². The number of aliphatic carboxylic acids is 1. The van der Waals surface area contributed by atoms with Crippen LogP contribution in [0.5, 0.6) is 0 Å². The van der Waals surface area contributed by atoms with Crippen LogP contribution in [0, 0.1) is 6.92 Å². The van der Waals surface area contributed by atoms with Crippen molar-refractivity contribution in [3.63, 3.8) is 0 Å². The number of rotatable bonds is 3. The molecule has 0 radical (unpaired) electrons. The molecule has 1 heterocycles. The van der Waals surface area contributed by atoms with Gasteiger partial charge in [-0.15, -0.1) is 0 Å². The van der Waals surface area contributed by atoms with E-state index < -0.39 is 17.5 Å². The zero-order valence-corrected chi connectivity index (χ0v) is 7.86. The van der Waals surface area contributed by atoms with Crippen LogP contribution in [-0.4, -0.2) is 22.3 Å². The molecule has 14 heavy (non-hydrogen) atoms. The Hall–Kier alpha value is -1.29. The second kappa shape index (κ2) is 2.85. The molecule has 1 fully saturated rings. The van der Waals surface area contributed by atoms with E-state index in [1.54, 1.807) is 19.1 Å². The smallest absolute Gasteiger partial charge is 0.333 e. The van der Waals surface area contributed by atoms with Gasteiger partial charge in [-0.05, 0) is 31.9 Å². The molecule has 2 rings (SSSR count). The summed E-state index contributed by atoms with van der Waals surface area (Å²) in [7, 11) is 0. The Morgan fingerprint density at radius 2 is 2.21 bits per heavy atom. The van der Waals surface area contributed by atoms with Gasteiger partial charge in [0.05, 0.1) is 5.41 Å². The molecule has 1 aromatic rings. The Kier molecular flexibility index (Phi) is 1.89. The molecule has 0 aliphatic heterocycles. The first-order valence-electron chi connectivity index (χ1n) is 4.54. The number of hydrogen-bond acceptors (Lipinski definition) is 3. The molecular formula is C10H12O4. The lowest BCUT2D eigenvalue weighted by Gasteiger charge is -2.15. The average molecular weight is 196 g/mol. The Morgan fingerprint density at radius 1 is 1.57 bits per heavy atom. The fourth-order valence-electron chi connectivity index (χ4n) is 1.73. The third kappa shape index (κ3) is 1.23. The van der Waals surface area contributed by atoms with Crippen molar-refractivity contribution >= 4 is 5.97 Å². The van der Waals surface area contributed by atoms with E-state index in [2.05, 4.69) is 0 Å². The lowest BCUT2D eigenvalue weighted by molar-refractivity contribution is -0.148. The standard InChI is InChI=1S/C10H12O4/c1-6-2-3-7(14-6)10(4-5-10)8(11)9(12)13/h2-3,8,11H,4-5H2,1H3,(H,12,13). The summed E-state index contributed by atoms with van der Waals surface area (Å²) in [6.45, 7) is 1.80. The van der Waals surface area contributed by atoms with Crippen LogP contribution in [0.4, 0.5) is 0 Å². The van der Waals surface area contributed by atoms with Gasteiger partial charge in [0.25, 0.3) is 0 Å². The Bertz CT molecular complexity index is 362. The summed E-state index contributed by atoms with van der Waals surface area (Å²) < 4.78 is 5.36. The van der Waals surface area contributed by atoms with Gasteiger partial charge in [0.15, 0.2) is 6.10 Å². The van der Waals surface area contributed by atoms with Crippen LogP contribution >= 0.6 is 0 Å². The molecule has 1 aliphatic rings. The van der Waals surface area contributed by atoms with Crippen molar-refractivity contribution in [2.75, 3.05) is 0 Å². The normalized spacial score (nSPS) is 20.4. The van der Waals surface area contributed by atoms with Crippen LogP contribution < -0.4 is 0 Å². The third-order valence-corrected chi connectivity index (χ3v) is 2.78. The van der Waals surface area contributed by atoms with Gasteiger partial charge in [-0.1, -0.05) is 0 Å². The highest BCUT2D eigenvalue weighted by molar-refractivity contribution is 5.75. The zero-order valence-electron chi connectivity index (χ0n) is 7.86. The van der Waals surface area contributed by atoms with Crippen LogP contribution in [0.2, 0.25) is 0 Å². The fraction of sp³-hybridized carbons (Fsp3) is 0.500. The highest BCUT2D eigenvalue weighted by atomic mass is 16.4. The summed E-state index contributed by atoms with van der Waals surface area (Å²) in [5.74, 6) is 0.144. The molecular weight excluding hydrogens is 184 g/mol. The van der Waals surface area contributed by atoms with Crippen LogP contribution in [0.25, 0.3) is 0 Å². The van der Waals surface area contributed by atoms with Crippen LogP contribution in [0.15, 0.2) is 16.5 Å². The predicted octanol–water partition coefficient (Wildman–Crippen LogP) is 1.07. The molecule has 4 heteroatoms. The molecule has 0 saturated heterocycles. The van der Waals surface area contributed by atoms with Crippen LogP contribution in [0.3, 0.4) is 0 Å². The van der Waals surface area contributed by atoms with Crippen molar-refractivity contribution in [1.82, 2.24) is 0 Å². The number of carboxylic acid groups (broad SMARTS) is 1. The highest BCUT2D eigenvalue weighted by Gasteiger charge is 2.55. The maximum absolute atomic E-state index is 10.7. The number of furan rings is 1. The van der Waals surface area contributed by atoms with E-state index in [-0.39, 0.29) is 0 Å². The lowest BCUT2D eigenvalue weighted by Crippen LogP contribution is -2.33. The van der Waals surface area contributed by atoms with Gasteiger partial charge in [-0.25, -0.2) is 4.79 Å². The molecule has 76 valence electrons. The van der Waals surface area contributed by atoms with E-state index in [0.717, 1.165) is 5.76 Å². The molecule has 0 spiro atoms. The second-order valence-electron chi connectivity index (χ2n) is 3.81. The summed E-state index contributed by atoms with van der Waals surface area (Å²) in [6, 6.07) is 3.53. The SMILES string of the molecule is Cc1ccc(C2(C(O)C(=O)O)CC2)o1.